The lowest BCUT2D eigenvalue weighted by Gasteiger charge is -2.15. The summed E-state index contributed by atoms with van der Waals surface area (Å²) >= 11 is 0. The average molecular weight is 306 g/mol. The lowest BCUT2D eigenvalue weighted by molar-refractivity contribution is -0.384. The summed E-state index contributed by atoms with van der Waals surface area (Å²) in [6, 6.07) is 6.71. The highest BCUT2D eigenvalue weighted by atomic mass is 16.6. The Labute approximate surface area is 132 Å². The molecule has 6 heteroatoms. The lowest BCUT2D eigenvalue weighted by atomic mass is 10.0. The monoisotopic (exact) mass is 306 g/mol. The molecule has 0 aliphatic rings. The SMILES string of the molecule is CC(C)CCCC(C)NC(N)=NCc1cccc([N+](=O)[O-])c1. The number of hydrogen-bond acceptors (Lipinski definition) is 3. The fourth-order valence-electron chi connectivity index (χ4n) is 2.15. The predicted octanol–water partition coefficient (Wildman–Crippen LogP) is 3.21. The minimum Gasteiger partial charge on any atom is -0.370 e. The summed E-state index contributed by atoms with van der Waals surface area (Å²) < 4.78 is 0. The number of benzene rings is 1. The van der Waals surface area contributed by atoms with Crippen molar-refractivity contribution in [3.8, 4) is 0 Å². The molecule has 0 fully saturated rings. The molecule has 0 heterocycles. The average Bonchev–Trinajstić information content (AvgIpc) is 2.45. The lowest BCUT2D eigenvalue weighted by Crippen LogP contribution is -2.38. The zero-order chi connectivity index (χ0) is 16.5. The number of nitrogens with one attached hydrogen (secondary N) is 1. The minimum atomic E-state index is -0.411. The van der Waals surface area contributed by atoms with Crippen molar-refractivity contribution in [1.29, 1.82) is 0 Å². The smallest absolute Gasteiger partial charge is 0.269 e. The molecule has 1 aromatic rings. The maximum absolute atomic E-state index is 10.7. The summed E-state index contributed by atoms with van der Waals surface area (Å²) in [4.78, 5) is 14.5. The molecule has 3 N–H and O–H groups in total. The number of nitro benzene ring substituents is 1. The van der Waals surface area contributed by atoms with Crippen LogP contribution in [-0.2, 0) is 6.54 Å². The van der Waals surface area contributed by atoms with Gasteiger partial charge in [-0.2, -0.15) is 0 Å². The molecule has 0 aromatic heterocycles. The van der Waals surface area contributed by atoms with E-state index >= 15 is 0 Å². The number of hydrogen-bond donors (Lipinski definition) is 2. The van der Waals surface area contributed by atoms with Crippen LogP contribution in [0.2, 0.25) is 0 Å². The Morgan fingerprint density at radius 2 is 2.09 bits per heavy atom. The molecule has 1 rings (SSSR count). The second-order valence-corrected chi connectivity index (χ2v) is 6.00. The van der Waals surface area contributed by atoms with Gasteiger partial charge in [-0.25, -0.2) is 4.99 Å². The van der Waals surface area contributed by atoms with E-state index in [1.165, 1.54) is 18.6 Å². The maximum Gasteiger partial charge on any atom is 0.269 e. The topological polar surface area (TPSA) is 93.5 Å². The van der Waals surface area contributed by atoms with Gasteiger partial charge in [0.05, 0.1) is 11.5 Å². The van der Waals surface area contributed by atoms with Crippen LogP contribution in [0.5, 0.6) is 0 Å². The summed E-state index contributed by atoms with van der Waals surface area (Å²) in [5, 5.41) is 13.9. The van der Waals surface area contributed by atoms with Crippen molar-refractivity contribution >= 4 is 11.6 Å². The minimum absolute atomic E-state index is 0.0706. The predicted molar refractivity (Wildman–Crippen MR) is 89.7 cm³/mol. The molecule has 122 valence electrons. The zero-order valence-electron chi connectivity index (χ0n) is 13.6. The van der Waals surface area contributed by atoms with Crippen molar-refractivity contribution < 1.29 is 4.92 Å². The van der Waals surface area contributed by atoms with Crippen LogP contribution in [0.25, 0.3) is 0 Å². The molecule has 0 radical (unpaired) electrons. The molecule has 1 aromatic carbocycles. The van der Waals surface area contributed by atoms with Gasteiger partial charge in [0.25, 0.3) is 5.69 Å². The van der Waals surface area contributed by atoms with Crippen molar-refractivity contribution in [2.24, 2.45) is 16.6 Å². The van der Waals surface area contributed by atoms with Crippen LogP contribution in [0.3, 0.4) is 0 Å². The second-order valence-electron chi connectivity index (χ2n) is 6.00. The Morgan fingerprint density at radius 3 is 2.73 bits per heavy atom. The van der Waals surface area contributed by atoms with E-state index in [2.05, 4.69) is 31.1 Å². The molecule has 1 atom stereocenters. The zero-order valence-corrected chi connectivity index (χ0v) is 13.6. The van der Waals surface area contributed by atoms with Crippen molar-refractivity contribution in [2.45, 2.75) is 52.6 Å². The van der Waals surface area contributed by atoms with E-state index < -0.39 is 4.92 Å². The Balaban J connectivity index is 2.45. The first-order valence-corrected chi connectivity index (χ1v) is 7.68. The number of nitrogens with zero attached hydrogens (tertiary/aromatic N) is 2. The highest BCUT2D eigenvalue weighted by Gasteiger charge is 2.06. The van der Waals surface area contributed by atoms with Crippen LogP contribution in [0.4, 0.5) is 5.69 Å². The fourth-order valence-corrected chi connectivity index (χ4v) is 2.15. The van der Waals surface area contributed by atoms with Crippen LogP contribution < -0.4 is 11.1 Å². The first kappa shape index (κ1) is 17.9. The molecule has 0 saturated carbocycles. The Hall–Kier alpha value is -2.11. The third-order valence-electron chi connectivity index (χ3n) is 3.37. The van der Waals surface area contributed by atoms with E-state index in [9.17, 15) is 10.1 Å². The molecule has 0 aliphatic carbocycles. The first-order chi connectivity index (χ1) is 10.4. The molecule has 6 nitrogen and oxygen atoms in total. The van der Waals surface area contributed by atoms with E-state index in [0.29, 0.717) is 18.4 Å². The molecule has 0 aliphatic heterocycles. The molecule has 0 spiro atoms. The van der Waals surface area contributed by atoms with Gasteiger partial charge in [-0.1, -0.05) is 38.8 Å². The number of nitrogens with two attached hydrogens (primary N) is 1. The molecule has 0 bridgehead atoms. The van der Waals surface area contributed by atoms with Crippen LogP contribution in [-0.4, -0.2) is 16.9 Å². The Bertz CT molecular complexity index is 515. The molecule has 22 heavy (non-hydrogen) atoms. The summed E-state index contributed by atoms with van der Waals surface area (Å²) in [7, 11) is 0. The second kappa shape index (κ2) is 9.02. The van der Waals surface area contributed by atoms with Gasteiger partial charge in [0.15, 0.2) is 5.96 Å². The number of non-ortho nitro benzene ring substituents is 1. The van der Waals surface area contributed by atoms with E-state index in [4.69, 9.17) is 5.73 Å². The molecule has 0 saturated heterocycles. The molecule has 0 amide bonds. The van der Waals surface area contributed by atoms with E-state index in [1.54, 1.807) is 12.1 Å². The van der Waals surface area contributed by atoms with Gasteiger partial charge in [-0.05, 0) is 24.8 Å². The quantitative estimate of drug-likeness (QED) is 0.334. The summed E-state index contributed by atoms with van der Waals surface area (Å²) in [6.07, 6.45) is 3.41. The standard InChI is InChI=1S/C16H26N4O2/c1-12(2)6-4-7-13(3)19-16(17)18-11-14-8-5-9-15(10-14)20(21)22/h5,8-10,12-13H,4,6-7,11H2,1-3H3,(H3,17,18,19). The highest BCUT2D eigenvalue weighted by molar-refractivity contribution is 5.78. The van der Waals surface area contributed by atoms with E-state index in [1.807, 2.05) is 0 Å². The van der Waals surface area contributed by atoms with Crippen molar-refractivity contribution in [3.05, 3.63) is 39.9 Å². The third kappa shape index (κ3) is 7.06. The van der Waals surface area contributed by atoms with Crippen molar-refractivity contribution in [3.63, 3.8) is 0 Å². The first-order valence-electron chi connectivity index (χ1n) is 7.68. The highest BCUT2D eigenvalue weighted by Crippen LogP contribution is 2.13. The van der Waals surface area contributed by atoms with Crippen molar-refractivity contribution in [2.75, 3.05) is 0 Å². The fraction of sp³-hybridized carbons (Fsp3) is 0.562. The maximum atomic E-state index is 10.7. The van der Waals surface area contributed by atoms with E-state index in [-0.39, 0.29) is 11.7 Å². The number of rotatable bonds is 8. The molecular weight excluding hydrogens is 280 g/mol. The molecule has 1 unspecified atom stereocenters. The van der Waals surface area contributed by atoms with Crippen LogP contribution in [0.1, 0.15) is 45.6 Å². The molecular formula is C16H26N4O2. The summed E-state index contributed by atoms with van der Waals surface area (Å²) in [6.45, 7) is 6.84. The number of guanidine groups is 1. The number of aliphatic imine (C=N–C) groups is 1. The largest absolute Gasteiger partial charge is 0.370 e. The van der Waals surface area contributed by atoms with Crippen LogP contribution in [0.15, 0.2) is 29.3 Å². The van der Waals surface area contributed by atoms with Gasteiger partial charge in [0.1, 0.15) is 0 Å². The Morgan fingerprint density at radius 1 is 1.36 bits per heavy atom. The van der Waals surface area contributed by atoms with Gasteiger partial charge in [-0.15, -0.1) is 0 Å². The van der Waals surface area contributed by atoms with E-state index in [0.717, 1.165) is 18.4 Å². The van der Waals surface area contributed by atoms with Gasteiger partial charge in [-0.3, -0.25) is 10.1 Å². The van der Waals surface area contributed by atoms with Crippen molar-refractivity contribution in [1.82, 2.24) is 5.32 Å². The summed E-state index contributed by atoms with van der Waals surface area (Å²) in [5.74, 6) is 1.09. The normalized spacial score (nSPS) is 13.2. The van der Waals surface area contributed by atoms with Gasteiger partial charge in [0, 0.05) is 18.2 Å². The number of nitro groups is 1. The van der Waals surface area contributed by atoms with Crippen LogP contribution in [0, 0.1) is 16.0 Å². The Kier molecular flexibility index (Phi) is 7.36. The van der Waals surface area contributed by atoms with Crippen LogP contribution >= 0.6 is 0 Å². The third-order valence-corrected chi connectivity index (χ3v) is 3.37. The van der Waals surface area contributed by atoms with Gasteiger partial charge in [0.2, 0.25) is 0 Å². The summed E-state index contributed by atoms with van der Waals surface area (Å²) in [5.41, 5.74) is 6.70. The van der Waals surface area contributed by atoms with Gasteiger partial charge < -0.3 is 11.1 Å². The van der Waals surface area contributed by atoms with Gasteiger partial charge >= 0.3 is 0 Å².